The maximum Gasteiger partial charge on any atom is 0.0988 e. The molecule has 2 rings (SSSR count). The summed E-state index contributed by atoms with van der Waals surface area (Å²) in [5, 5.41) is 4.46. The Hall–Kier alpha value is -0.870. The van der Waals surface area contributed by atoms with Crippen LogP contribution in [0.5, 0.6) is 0 Å². The second-order valence-electron chi connectivity index (χ2n) is 3.49. The number of nitrogens with zero attached hydrogens (tertiary/aromatic N) is 2. The molecule has 2 N–H and O–H groups in total. The van der Waals surface area contributed by atoms with Crippen LogP contribution < -0.4 is 5.73 Å². The molecule has 0 bridgehead atoms. The fourth-order valence-electron chi connectivity index (χ4n) is 1.71. The maximum atomic E-state index is 5.64. The molecule has 1 aliphatic rings. The number of hydrogen-bond donors (Lipinski definition) is 1. The molecule has 1 aliphatic heterocycles. The predicted molar refractivity (Wildman–Crippen MR) is 49.4 cm³/mol. The van der Waals surface area contributed by atoms with Crippen LogP contribution in [0.15, 0.2) is 0 Å². The zero-order valence-corrected chi connectivity index (χ0v) is 8.08. The van der Waals surface area contributed by atoms with Crippen molar-refractivity contribution in [1.82, 2.24) is 9.78 Å². The van der Waals surface area contributed by atoms with Crippen LogP contribution in [0.3, 0.4) is 0 Å². The molecule has 4 nitrogen and oxygen atoms in total. The zero-order valence-electron chi connectivity index (χ0n) is 8.08. The third kappa shape index (κ3) is 1.26. The molecule has 2 heterocycles. The van der Waals surface area contributed by atoms with Crippen LogP contribution in [0.25, 0.3) is 0 Å². The van der Waals surface area contributed by atoms with Crippen LogP contribution in [0, 0.1) is 13.8 Å². The average molecular weight is 181 g/mol. The Morgan fingerprint density at radius 1 is 1.54 bits per heavy atom. The van der Waals surface area contributed by atoms with Crippen molar-refractivity contribution in [3.05, 3.63) is 17.0 Å². The number of aromatic nitrogens is 2. The summed E-state index contributed by atoms with van der Waals surface area (Å²) >= 11 is 0. The minimum absolute atomic E-state index is 0.430. The lowest BCUT2D eigenvalue weighted by Gasteiger charge is -2.27. The van der Waals surface area contributed by atoms with Gasteiger partial charge in [0.25, 0.3) is 0 Å². The van der Waals surface area contributed by atoms with Crippen molar-refractivity contribution in [2.24, 2.45) is 5.73 Å². The first-order valence-corrected chi connectivity index (χ1v) is 4.56. The van der Waals surface area contributed by atoms with E-state index in [0.717, 1.165) is 18.9 Å². The Balaban J connectivity index is 2.35. The van der Waals surface area contributed by atoms with Crippen molar-refractivity contribution in [3.8, 4) is 0 Å². The monoisotopic (exact) mass is 181 g/mol. The smallest absolute Gasteiger partial charge is 0.0988 e. The molecule has 72 valence electrons. The fourth-order valence-corrected chi connectivity index (χ4v) is 1.71. The lowest BCUT2D eigenvalue weighted by atomic mass is 10.2. The highest BCUT2D eigenvalue weighted by atomic mass is 16.5. The Kier molecular flexibility index (Phi) is 2.09. The van der Waals surface area contributed by atoms with Crippen LogP contribution >= 0.6 is 0 Å². The molecule has 1 aromatic heterocycles. The Bertz CT molecular complexity index is 315. The molecule has 0 saturated carbocycles. The van der Waals surface area contributed by atoms with Crippen molar-refractivity contribution < 1.29 is 4.74 Å². The molecule has 0 radical (unpaired) electrons. The largest absolute Gasteiger partial charge is 0.377 e. The molecule has 4 heteroatoms. The van der Waals surface area contributed by atoms with E-state index in [1.54, 1.807) is 0 Å². The van der Waals surface area contributed by atoms with Crippen molar-refractivity contribution >= 4 is 0 Å². The first-order valence-electron chi connectivity index (χ1n) is 4.56. The molecule has 1 fully saturated rings. The van der Waals surface area contributed by atoms with Gasteiger partial charge in [-0.3, -0.25) is 4.68 Å². The molecule has 13 heavy (non-hydrogen) atoms. The molecule has 0 spiro atoms. The van der Waals surface area contributed by atoms with E-state index >= 15 is 0 Å². The molecule has 0 unspecified atom stereocenters. The van der Waals surface area contributed by atoms with Gasteiger partial charge in [0, 0.05) is 17.8 Å². The van der Waals surface area contributed by atoms with Gasteiger partial charge in [0.2, 0.25) is 0 Å². The molecular weight excluding hydrogens is 166 g/mol. The van der Waals surface area contributed by atoms with Gasteiger partial charge in [0.15, 0.2) is 0 Å². The van der Waals surface area contributed by atoms with E-state index in [0.29, 0.717) is 12.6 Å². The number of nitrogens with two attached hydrogens (primary N) is 1. The first kappa shape index (κ1) is 8.72. The summed E-state index contributed by atoms with van der Waals surface area (Å²) in [6.45, 7) is 6.22. The van der Waals surface area contributed by atoms with E-state index in [-0.39, 0.29) is 0 Å². The van der Waals surface area contributed by atoms with Crippen LogP contribution in [-0.4, -0.2) is 23.0 Å². The van der Waals surface area contributed by atoms with Crippen LogP contribution in [0.4, 0.5) is 0 Å². The van der Waals surface area contributed by atoms with Gasteiger partial charge in [0.05, 0.1) is 24.9 Å². The van der Waals surface area contributed by atoms with Crippen LogP contribution in [0.1, 0.15) is 23.0 Å². The molecule has 0 amide bonds. The van der Waals surface area contributed by atoms with Gasteiger partial charge in [-0.05, 0) is 13.8 Å². The van der Waals surface area contributed by atoms with E-state index in [2.05, 4.69) is 12.0 Å². The summed E-state index contributed by atoms with van der Waals surface area (Å²) in [7, 11) is 0. The summed E-state index contributed by atoms with van der Waals surface area (Å²) in [6.07, 6.45) is 0. The predicted octanol–water partition coefficient (Wildman–Crippen LogP) is 0.530. The van der Waals surface area contributed by atoms with Crippen molar-refractivity contribution in [2.75, 3.05) is 13.2 Å². The van der Waals surface area contributed by atoms with Crippen molar-refractivity contribution in [2.45, 2.75) is 26.4 Å². The lowest BCUT2D eigenvalue weighted by Crippen LogP contribution is -2.32. The highest BCUT2D eigenvalue weighted by Gasteiger charge is 2.24. The van der Waals surface area contributed by atoms with Gasteiger partial charge < -0.3 is 10.5 Å². The maximum absolute atomic E-state index is 5.64. The number of ether oxygens (including phenoxy) is 1. The number of rotatable bonds is 2. The van der Waals surface area contributed by atoms with E-state index in [1.165, 1.54) is 11.3 Å². The molecule has 0 atom stereocenters. The molecule has 1 aromatic rings. The van der Waals surface area contributed by atoms with Gasteiger partial charge in [-0.15, -0.1) is 0 Å². The minimum atomic E-state index is 0.430. The van der Waals surface area contributed by atoms with E-state index in [9.17, 15) is 0 Å². The summed E-state index contributed by atoms with van der Waals surface area (Å²) in [5.41, 5.74) is 9.05. The van der Waals surface area contributed by atoms with Gasteiger partial charge >= 0.3 is 0 Å². The average Bonchev–Trinajstić information content (AvgIpc) is 2.25. The van der Waals surface area contributed by atoms with Crippen molar-refractivity contribution in [3.63, 3.8) is 0 Å². The lowest BCUT2D eigenvalue weighted by molar-refractivity contribution is -0.0296. The second-order valence-corrected chi connectivity index (χ2v) is 3.49. The third-order valence-electron chi connectivity index (χ3n) is 2.65. The minimum Gasteiger partial charge on any atom is -0.377 e. The Morgan fingerprint density at radius 2 is 2.23 bits per heavy atom. The summed E-state index contributed by atoms with van der Waals surface area (Å²) in [4.78, 5) is 0. The SMILES string of the molecule is Cc1nn(C2COC2)c(C)c1CN. The molecule has 0 aliphatic carbocycles. The fraction of sp³-hybridized carbons (Fsp3) is 0.667. The standard InChI is InChI=1S/C9H15N3O/c1-6-9(3-10)7(2)12(11-6)8-4-13-5-8/h8H,3-5,10H2,1-2H3. The highest BCUT2D eigenvalue weighted by Crippen LogP contribution is 2.21. The summed E-state index contributed by atoms with van der Waals surface area (Å²) < 4.78 is 7.18. The topological polar surface area (TPSA) is 53.1 Å². The van der Waals surface area contributed by atoms with E-state index in [4.69, 9.17) is 10.5 Å². The third-order valence-corrected chi connectivity index (χ3v) is 2.65. The highest BCUT2D eigenvalue weighted by molar-refractivity contribution is 5.24. The quantitative estimate of drug-likeness (QED) is 0.724. The van der Waals surface area contributed by atoms with E-state index < -0.39 is 0 Å². The summed E-state index contributed by atoms with van der Waals surface area (Å²) in [5.74, 6) is 0. The van der Waals surface area contributed by atoms with Crippen LogP contribution in [0.2, 0.25) is 0 Å². The Labute approximate surface area is 77.7 Å². The normalized spacial score (nSPS) is 17.5. The molecule has 1 saturated heterocycles. The number of hydrogen-bond acceptors (Lipinski definition) is 3. The first-order chi connectivity index (χ1) is 6.24. The Morgan fingerprint density at radius 3 is 2.62 bits per heavy atom. The number of aryl methyl sites for hydroxylation is 1. The summed E-state index contributed by atoms with van der Waals surface area (Å²) in [6, 6.07) is 0.430. The van der Waals surface area contributed by atoms with E-state index in [1.807, 2.05) is 11.6 Å². The molecule has 0 aromatic carbocycles. The van der Waals surface area contributed by atoms with Gasteiger partial charge in [-0.1, -0.05) is 0 Å². The second kappa shape index (κ2) is 3.12. The molecular formula is C9H15N3O. The van der Waals surface area contributed by atoms with Gasteiger partial charge in [0.1, 0.15) is 0 Å². The van der Waals surface area contributed by atoms with Crippen molar-refractivity contribution in [1.29, 1.82) is 0 Å². The van der Waals surface area contributed by atoms with Gasteiger partial charge in [-0.25, -0.2) is 0 Å². The van der Waals surface area contributed by atoms with Gasteiger partial charge in [-0.2, -0.15) is 5.10 Å². The zero-order chi connectivity index (χ0) is 9.42. The van der Waals surface area contributed by atoms with Crippen LogP contribution in [-0.2, 0) is 11.3 Å².